The minimum atomic E-state index is -0.983. The van der Waals surface area contributed by atoms with Crippen LogP contribution in [0.5, 0.6) is 0 Å². The van der Waals surface area contributed by atoms with Crippen LogP contribution >= 0.6 is 22.9 Å². The Morgan fingerprint density at radius 3 is 2.63 bits per heavy atom. The quantitative estimate of drug-likeness (QED) is 0.198. The summed E-state index contributed by atoms with van der Waals surface area (Å²) in [5, 5.41) is 14.1. The molecule has 0 saturated heterocycles. The van der Waals surface area contributed by atoms with Gasteiger partial charge in [0.2, 0.25) is 11.4 Å². The second kappa shape index (κ2) is 12.5. The first-order valence-corrected chi connectivity index (χ1v) is 12.6. The maximum atomic E-state index is 12.4. The molecule has 0 bridgehead atoms. The number of aromatic nitrogens is 1. The predicted octanol–water partition coefficient (Wildman–Crippen LogP) is 4.56. The van der Waals surface area contributed by atoms with E-state index in [2.05, 4.69) is 16.5 Å². The van der Waals surface area contributed by atoms with Gasteiger partial charge in [0, 0.05) is 54.3 Å². The number of amides is 1. The first kappa shape index (κ1) is 26.4. The lowest BCUT2D eigenvalue weighted by Gasteiger charge is -2.28. The van der Waals surface area contributed by atoms with Crippen LogP contribution in [0.3, 0.4) is 0 Å². The fourth-order valence-corrected chi connectivity index (χ4v) is 5.00. The molecule has 7 nitrogen and oxygen atoms in total. The lowest BCUT2D eigenvalue weighted by molar-refractivity contribution is -0.669. The molecule has 2 N–H and O–H groups in total. The first-order valence-electron chi connectivity index (χ1n) is 11.4. The molecular formula is C26H29ClN3O4S+. The van der Waals surface area contributed by atoms with Crippen LogP contribution in [0.4, 0.5) is 5.69 Å². The molecular weight excluding hydrogens is 486 g/mol. The molecule has 3 aromatic rings. The molecule has 184 valence electrons. The van der Waals surface area contributed by atoms with E-state index in [-0.39, 0.29) is 18.9 Å². The van der Waals surface area contributed by atoms with Crippen LogP contribution < -0.4 is 14.8 Å². The lowest BCUT2D eigenvalue weighted by atomic mass is 10.1. The number of aldehydes is 1. The van der Waals surface area contributed by atoms with E-state index in [1.807, 2.05) is 24.3 Å². The van der Waals surface area contributed by atoms with Gasteiger partial charge in [0.15, 0.2) is 6.54 Å². The summed E-state index contributed by atoms with van der Waals surface area (Å²) in [6.45, 7) is 7.06. The predicted molar refractivity (Wildman–Crippen MR) is 140 cm³/mol. The second-order valence-electron chi connectivity index (χ2n) is 8.13. The SMILES string of the molecule is C=Cc1sc2ccc(Cl)cc2[n+]1CCCCNC(=O)CCN(c1ccc(C=O)cc1)C(C)C(=O)O. The Morgan fingerprint density at radius 1 is 1.23 bits per heavy atom. The number of carbonyl (C=O) groups is 3. The second-order valence-corrected chi connectivity index (χ2v) is 9.63. The molecule has 0 fully saturated rings. The zero-order valence-corrected chi connectivity index (χ0v) is 21.1. The van der Waals surface area contributed by atoms with E-state index in [0.717, 1.165) is 40.9 Å². The smallest absolute Gasteiger partial charge is 0.326 e. The van der Waals surface area contributed by atoms with Crippen molar-refractivity contribution in [1.29, 1.82) is 0 Å². The summed E-state index contributed by atoms with van der Waals surface area (Å²) in [7, 11) is 0. The number of unbranched alkanes of at least 4 members (excludes halogenated alkanes) is 1. The normalized spacial score (nSPS) is 11.7. The van der Waals surface area contributed by atoms with Crippen molar-refractivity contribution in [3.63, 3.8) is 0 Å². The summed E-state index contributed by atoms with van der Waals surface area (Å²) in [6.07, 6.45) is 4.41. The maximum absolute atomic E-state index is 12.4. The van der Waals surface area contributed by atoms with Crippen LogP contribution in [0, 0.1) is 0 Å². The number of hydrogen-bond donors (Lipinski definition) is 2. The number of anilines is 1. The number of nitrogens with zero attached hydrogens (tertiary/aromatic N) is 2. The fourth-order valence-electron chi connectivity index (χ4n) is 3.81. The number of carboxylic acid groups (broad SMARTS) is 1. The highest BCUT2D eigenvalue weighted by atomic mass is 35.5. The average molecular weight is 515 g/mol. The van der Waals surface area contributed by atoms with Crippen LogP contribution in [0.2, 0.25) is 5.02 Å². The zero-order chi connectivity index (χ0) is 25.4. The number of benzene rings is 2. The van der Waals surface area contributed by atoms with Crippen molar-refractivity contribution in [2.75, 3.05) is 18.0 Å². The van der Waals surface area contributed by atoms with Crippen molar-refractivity contribution in [1.82, 2.24) is 5.32 Å². The molecule has 0 spiro atoms. The Hall–Kier alpha value is -3.23. The van der Waals surface area contributed by atoms with Gasteiger partial charge < -0.3 is 15.3 Å². The van der Waals surface area contributed by atoms with Gasteiger partial charge in [-0.15, -0.1) is 0 Å². The van der Waals surface area contributed by atoms with Crippen molar-refractivity contribution in [3.05, 3.63) is 64.6 Å². The number of hydrogen-bond acceptors (Lipinski definition) is 5. The van der Waals surface area contributed by atoms with Gasteiger partial charge in [-0.1, -0.05) is 29.5 Å². The number of rotatable bonds is 13. The van der Waals surface area contributed by atoms with Crippen LogP contribution in [0.25, 0.3) is 16.3 Å². The Morgan fingerprint density at radius 2 is 1.97 bits per heavy atom. The van der Waals surface area contributed by atoms with Crippen LogP contribution in [-0.4, -0.2) is 42.4 Å². The van der Waals surface area contributed by atoms with Gasteiger partial charge in [-0.2, -0.15) is 4.57 Å². The minimum absolute atomic E-state index is 0.135. The minimum Gasteiger partial charge on any atom is -0.480 e. The van der Waals surface area contributed by atoms with Gasteiger partial charge in [0.05, 0.1) is 0 Å². The van der Waals surface area contributed by atoms with E-state index in [4.69, 9.17) is 11.6 Å². The summed E-state index contributed by atoms with van der Waals surface area (Å²) in [6, 6.07) is 11.7. The standard InChI is InChI=1S/C26H28ClN3O4S/c1-3-25-30(22-16-20(27)8-11-23(22)35-25)14-5-4-13-28-24(32)12-15-29(18(2)26(33)34)21-9-6-19(17-31)7-10-21/h3,6-11,16-18H,1,4-5,12-15H2,2H3,(H-,28,32,33,34)/p+1. The van der Waals surface area contributed by atoms with Gasteiger partial charge in [-0.25, -0.2) is 4.79 Å². The van der Waals surface area contributed by atoms with E-state index in [9.17, 15) is 19.5 Å². The third-order valence-electron chi connectivity index (χ3n) is 5.76. The first-order chi connectivity index (χ1) is 16.8. The largest absolute Gasteiger partial charge is 0.480 e. The highest BCUT2D eigenvalue weighted by Gasteiger charge is 2.22. The third kappa shape index (κ3) is 6.90. The Balaban J connectivity index is 1.49. The van der Waals surface area contributed by atoms with Crippen LogP contribution in [0.15, 0.2) is 49.0 Å². The topological polar surface area (TPSA) is 90.6 Å². The molecule has 1 amide bonds. The Kier molecular flexibility index (Phi) is 9.39. The summed E-state index contributed by atoms with van der Waals surface area (Å²) in [4.78, 5) is 36.5. The Labute approximate surface area is 213 Å². The lowest BCUT2D eigenvalue weighted by Crippen LogP contribution is -2.41. The third-order valence-corrected chi connectivity index (χ3v) is 7.16. The van der Waals surface area contributed by atoms with E-state index in [1.54, 1.807) is 47.4 Å². The molecule has 2 aromatic carbocycles. The molecule has 35 heavy (non-hydrogen) atoms. The number of fused-ring (bicyclic) bond motifs is 1. The molecule has 1 aromatic heterocycles. The van der Waals surface area contributed by atoms with Crippen molar-refractivity contribution in [2.24, 2.45) is 0 Å². The van der Waals surface area contributed by atoms with E-state index >= 15 is 0 Å². The van der Waals surface area contributed by atoms with Crippen LogP contribution in [-0.2, 0) is 16.1 Å². The summed E-state index contributed by atoms with van der Waals surface area (Å²) >= 11 is 7.84. The van der Waals surface area contributed by atoms with Gasteiger partial charge in [-0.05, 0) is 49.7 Å². The molecule has 9 heteroatoms. The number of carbonyl (C=O) groups excluding carboxylic acids is 2. The Bertz CT molecular complexity index is 1210. The number of carboxylic acids is 1. The van der Waals surface area contributed by atoms with E-state index < -0.39 is 12.0 Å². The zero-order valence-electron chi connectivity index (χ0n) is 19.6. The molecule has 1 heterocycles. The molecule has 0 aliphatic carbocycles. The molecule has 0 aliphatic rings. The van der Waals surface area contributed by atoms with Gasteiger partial charge in [-0.3, -0.25) is 9.59 Å². The van der Waals surface area contributed by atoms with Crippen LogP contribution in [0.1, 0.15) is 41.6 Å². The van der Waals surface area contributed by atoms with E-state index in [0.29, 0.717) is 22.8 Å². The number of nitrogens with one attached hydrogen (secondary N) is 1. The molecule has 0 radical (unpaired) electrons. The summed E-state index contributed by atoms with van der Waals surface area (Å²) < 4.78 is 3.35. The van der Waals surface area contributed by atoms with Crippen molar-refractivity contribution in [3.8, 4) is 0 Å². The highest BCUT2D eigenvalue weighted by molar-refractivity contribution is 7.18. The van der Waals surface area contributed by atoms with Crippen molar-refractivity contribution < 1.29 is 24.1 Å². The molecule has 1 atom stereocenters. The molecule has 0 aliphatic heterocycles. The molecule has 0 saturated carbocycles. The number of halogens is 1. The van der Waals surface area contributed by atoms with E-state index in [1.165, 1.54) is 0 Å². The number of aliphatic carboxylic acids is 1. The van der Waals surface area contributed by atoms with Gasteiger partial charge >= 0.3 is 5.97 Å². The fraction of sp³-hybridized carbons (Fsp3) is 0.308. The monoisotopic (exact) mass is 514 g/mol. The van der Waals surface area contributed by atoms with Crippen molar-refractivity contribution in [2.45, 2.75) is 38.8 Å². The van der Waals surface area contributed by atoms with Gasteiger partial charge in [0.25, 0.3) is 5.01 Å². The summed E-state index contributed by atoms with van der Waals surface area (Å²) in [5.74, 6) is -1.12. The maximum Gasteiger partial charge on any atom is 0.326 e. The van der Waals surface area contributed by atoms with Crippen molar-refractivity contribution >= 4 is 63.1 Å². The highest BCUT2D eigenvalue weighted by Crippen LogP contribution is 2.24. The average Bonchev–Trinajstić information content (AvgIpc) is 3.20. The van der Waals surface area contributed by atoms with Gasteiger partial charge in [0.1, 0.15) is 17.0 Å². The number of aryl methyl sites for hydroxylation is 1. The summed E-state index contributed by atoms with van der Waals surface area (Å²) in [5.41, 5.74) is 2.23. The molecule has 1 unspecified atom stereocenters. The molecule has 3 rings (SSSR count). The number of thiazole rings is 1.